The number of aliphatic hydroxyl groups excluding tert-OH is 1. The molecule has 2 aliphatic rings. The van der Waals surface area contributed by atoms with Crippen LogP contribution in [0.2, 0.25) is 0 Å². The highest BCUT2D eigenvalue weighted by molar-refractivity contribution is 5.82. The molecular formula is C12H22N2O4. The quantitative estimate of drug-likeness (QED) is 0.587. The molecule has 2 heterocycles. The second-order valence-corrected chi connectivity index (χ2v) is 5.38. The van der Waals surface area contributed by atoms with Gasteiger partial charge in [-0.15, -0.1) is 0 Å². The van der Waals surface area contributed by atoms with E-state index in [9.17, 15) is 15.0 Å². The third-order valence-corrected chi connectivity index (χ3v) is 3.74. The van der Waals surface area contributed by atoms with Crippen LogP contribution in [0.3, 0.4) is 0 Å². The Hall–Kier alpha value is -0.690. The summed E-state index contributed by atoms with van der Waals surface area (Å²) in [7, 11) is 1.70. The van der Waals surface area contributed by atoms with E-state index in [1.54, 1.807) is 11.9 Å². The summed E-state index contributed by atoms with van der Waals surface area (Å²) in [6, 6.07) is -0.326. The average Bonchev–Trinajstić information content (AvgIpc) is 2.75. The second-order valence-electron chi connectivity index (χ2n) is 5.38. The summed E-state index contributed by atoms with van der Waals surface area (Å²) >= 11 is 0. The van der Waals surface area contributed by atoms with Gasteiger partial charge in [0.15, 0.2) is 0 Å². The maximum Gasteiger partial charge on any atom is 0.239 e. The van der Waals surface area contributed by atoms with Gasteiger partial charge in [-0.1, -0.05) is 0 Å². The minimum absolute atomic E-state index is 0.0635. The van der Waals surface area contributed by atoms with Gasteiger partial charge in [0.1, 0.15) is 0 Å². The highest BCUT2D eigenvalue weighted by Gasteiger charge is 2.35. The van der Waals surface area contributed by atoms with Gasteiger partial charge in [0.2, 0.25) is 5.91 Å². The number of carbonyl (C=O) groups is 1. The van der Waals surface area contributed by atoms with Crippen molar-refractivity contribution >= 4 is 5.91 Å². The van der Waals surface area contributed by atoms with E-state index in [1.807, 2.05) is 0 Å². The number of rotatable bonds is 3. The molecule has 2 fully saturated rings. The predicted molar refractivity (Wildman–Crippen MR) is 65.1 cm³/mol. The number of carbonyl (C=O) groups excluding carboxylic acids is 1. The summed E-state index contributed by atoms with van der Waals surface area (Å²) in [5.74, 6) is -0.0635. The van der Waals surface area contributed by atoms with Gasteiger partial charge < -0.3 is 25.2 Å². The first-order chi connectivity index (χ1) is 8.50. The molecule has 0 aromatic rings. The fourth-order valence-electron chi connectivity index (χ4n) is 2.60. The van der Waals surface area contributed by atoms with Gasteiger partial charge in [0.05, 0.1) is 17.7 Å². The standard InChI is InChI=1S/C12H22N2O4/c1-14(8-12(17)2-4-18-5-3-12)11(16)10-6-9(15)7-13-10/h9-10,13,15,17H,2-8H2,1H3. The van der Waals surface area contributed by atoms with Gasteiger partial charge in [-0.25, -0.2) is 0 Å². The van der Waals surface area contributed by atoms with E-state index in [0.717, 1.165) is 0 Å². The van der Waals surface area contributed by atoms with E-state index in [2.05, 4.69) is 5.32 Å². The van der Waals surface area contributed by atoms with E-state index < -0.39 is 11.7 Å². The SMILES string of the molecule is CN(CC1(O)CCOCC1)C(=O)C1CC(O)CN1. The lowest BCUT2D eigenvalue weighted by Gasteiger charge is -2.36. The minimum atomic E-state index is -0.833. The topological polar surface area (TPSA) is 82.0 Å². The smallest absolute Gasteiger partial charge is 0.239 e. The summed E-state index contributed by atoms with van der Waals surface area (Å²) in [6.07, 6.45) is 1.13. The molecule has 104 valence electrons. The third kappa shape index (κ3) is 3.20. The molecule has 3 N–H and O–H groups in total. The summed E-state index contributed by atoms with van der Waals surface area (Å²) < 4.78 is 5.21. The van der Waals surface area contributed by atoms with Crippen LogP contribution >= 0.6 is 0 Å². The van der Waals surface area contributed by atoms with E-state index >= 15 is 0 Å². The molecule has 0 saturated carbocycles. The molecule has 1 amide bonds. The van der Waals surface area contributed by atoms with Crippen LogP contribution in [0.25, 0.3) is 0 Å². The Morgan fingerprint density at radius 1 is 1.50 bits per heavy atom. The Kier molecular flexibility index (Phi) is 4.21. The van der Waals surface area contributed by atoms with Gasteiger partial charge in [-0.05, 0) is 6.42 Å². The summed E-state index contributed by atoms with van der Waals surface area (Å²) in [6.45, 7) is 1.86. The van der Waals surface area contributed by atoms with Crippen molar-refractivity contribution < 1.29 is 19.7 Å². The number of aliphatic hydroxyl groups is 2. The Morgan fingerprint density at radius 3 is 2.72 bits per heavy atom. The molecule has 6 nitrogen and oxygen atoms in total. The molecular weight excluding hydrogens is 236 g/mol. The minimum Gasteiger partial charge on any atom is -0.392 e. The lowest BCUT2D eigenvalue weighted by Crippen LogP contribution is -2.51. The van der Waals surface area contributed by atoms with Crippen LogP contribution in [-0.4, -0.2) is 72.1 Å². The van der Waals surface area contributed by atoms with Gasteiger partial charge >= 0.3 is 0 Å². The highest BCUT2D eigenvalue weighted by Crippen LogP contribution is 2.22. The molecule has 2 rings (SSSR count). The second kappa shape index (κ2) is 5.52. The van der Waals surface area contributed by atoms with Crippen LogP contribution in [0.1, 0.15) is 19.3 Å². The van der Waals surface area contributed by atoms with Gasteiger partial charge in [0, 0.05) is 46.2 Å². The number of hydrogen-bond donors (Lipinski definition) is 3. The van der Waals surface area contributed by atoms with Crippen molar-refractivity contribution in [1.82, 2.24) is 10.2 Å². The third-order valence-electron chi connectivity index (χ3n) is 3.74. The van der Waals surface area contributed by atoms with Crippen molar-refractivity contribution in [2.24, 2.45) is 0 Å². The number of β-amino-alcohol motifs (C(OH)–C–C–N with tert-alkyl or cyclic N) is 1. The largest absolute Gasteiger partial charge is 0.392 e. The zero-order valence-corrected chi connectivity index (χ0v) is 10.8. The maximum absolute atomic E-state index is 12.1. The van der Waals surface area contributed by atoms with E-state index in [-0.39, 0.29) is 11.9 Å². The first-order valence-electron chi connectivity index (χ1n) is 6.47. The average molecular weight is 258 g/mol. The summed E-state index contributed by atoms with van der Waals surface area (Å²) in [4.78, 5) is 13.7. The highest BCUT2D eigenvalue weighted by atomic mass is 16.5. The van der Waals surface area contributed by atoms with E-state index in [4.69, 9.17) is 4.74 Å². The molecule has 0 bridgehead atoms. The molecule has 2 aliphatic heterocycles. The van der Waals surface area contributed by atoms with E-state index in [1.165, 1.54) is 0 Å². The van der Waals surface area contributed by atoms with Crippen LogP contribution in [0, 0.1) is 0 Å². The monoisotopic (exact) mass is 258 g/mol. The molecule has 0 spiro atoms. The van der Waals surface area contributed by atoms with Gasteiger partial charge in [0.25, 0.3) is 0 Å². The summed E-state index contributed by atoms with van der Waals surface area (Å²) in [5.41, 5.74) is -0.833. The van der Waals surface area contributed by atoms with Crippen LogP contribution < -0.4 is 5.32 Å². The molecule has 0 aromatic carbocycles. The number of nitrogens with zero attached hydrogens (tertiary/aromatic N) is 1. The fourth-order valence-corrected chi connectivity index (χ4v) is 2.60. The Balaban J connectivity index is 1.86. The van der Waals surface area contributed by atoms with Crippen LogP contribution in [0.4, 0.5) is 0 Å². The number of likely N-dealkylation sites (N-methyl/N-ethyl adjacent to an activating group) is 1. The molecule has 18 heavy (non-hydrogen) atoms. The lowest BCUT2D eigenvalue weighted by atomic mass is 9.93. The number of nitrogens with one attached hydrogen (secondary N) is 1. The molecule has 6 heteroatoms. The predicted octanol–water partition coefficient (Wildman–Crippen LogP) is -1.29. The van der Waals surface area contributed by atoms with Crippen molar-refractivity contribution in [3.05, 3.63) is 0 Å². The Morgan fingerprint density at radius 2 is 2.17 bits per heavy atom. The normalized spacial score (nSPS) is 31.3. The van der Waals surface area contributed by atoms with E-state index in [0.29, 0.717) is 45.6 Å². The van der Waals surface area contributed by atoms with Crippen molar-refractivity contribution in [2.75, 3.05) is 33.4 Å². The van der Waals surface area contributed by atoms with Crippen molar-refractivity contribution in [2.45, 2.75) is 37.0 Å². The zero-order valence-electron chi connectivity index (χ0n) is 10.8. The first kappa shape index (κ1) is 13.7. The number of hydrogen-bond acceptors (Lipinski definition) is 5. The zero-order chi connectivity index (χ0) is 13.2. The van der Waals surface area contributed by atoms with Crippen LogP contribution in [-0.2, 0) is 9.53 Å². The number of ether oxygens (including phenoxy) is 1. The van der Waals surface area contributed by atoms with Crippen molar-refractivity contribution in [1.29, 1.82) is 0 Å². The summed E-state index contributed by atoms with van der Waals surface area (Å²) in [5, 5.41) is 22.7. The molecule has 2 atom stereocenters. The van der Waals surface area contributed by atoms with Crippen molar-refractivity contribution in [3.63, 3.8) is 0 Å². The van der Waals surface area contributed by atoms with Crippen molar-refractivity contribution in [3.8, 4) is 0 Å². The number of amides is 1. The first-order valence-corrected chi connectivity index (χ1v) is 6.47. The van der Waals surface area contributed by atoms with Gasteiger partial charge in [-0.2, -0.15) is 0 Å². The maximum atomic E-state index is 12.1. The fraction of sp³-hybridized carbons (Fsp3) is 0.917. The van der Waals surface area contributed by atoms with Crippen LogP contribution in [0.5, 0.6) is 0 Å². The van der Waals surface area contributed by atoms with Crippen LogP contribution in [0.15, 0.2) is 0 Å². The molecule has 2 saturated heterocycles. The lowest BCUT2D eigenvalue weighted by molar-refractivity contribution is -0.138. The molecule has 2 unspecified atom stereocenters. The molecule has 0 aromatic heterocycles. The molecule has 0 aliphatic carbocycles. The van der Waals surface area contributed by atoms with Gasteiger partial charge in [-0.3, -0.25) is 4.79 Å². The molecule has 0 radical (unpaired) electrons. The Labute approximate surface area is 107 Å². The Bertz CT molecular complexity index is 304.